The summed E-state index contributed by atoms with van der Waals surface area (Å²) in [5.74, 6) is 0. The molecule has 21 heavy (non-hydrogen) atoms. The summed E-state index contributed by atoms with van der Waals surface area (Å²) in [6.07, 6.45) is 3.75. The molecule has 0 saturated carbocycles. The van der Waals surface area contributed by atoms with Crippen LogP contribution >= 0.6 is 0 Å². The highest BCUT2D eigenvalue weighted by Crippen LogP contribution is 2.14. The molecule has 0 aliphatic carbocycles. The van der Waals surface area contributed by atoms with E-state index in [1.165, 1.54) is 5.56 Å². The maximum atomic E-state index is 5.92. The van der Waals surface area contributed by atoms with Gasteiger partial charge in [-0.2, -0.15) is 5.10 Å². The van der Waals surface area contributed by atoms with Gasteiger partial charge in [0.2, 0.25) is 0 Å². The highest BCUT2D eigenvalue weighted by atomic mass is 15.3. The van der Waals surface area contributed by atoms with E-state index in [0.29, 0.717) is 6.04 Å². The summed E-state index contributed by atoms with van der Waals surface area (Å²) in [4.78, 5) is 4.84. The molecule has 5 heteroatoms. The van der Waals surface area contributed by atoms with Gasteiger partial charge in [0.1, 0.15) is 0 Å². The average Bonchev–Trinajstić information content (AvgIpc) is 3.04. The van der Waals surface area contributed by atoms with Gasteiger partial charge in [0.15, 0.2) is 0 Å². The van der Waals surface area contributed by atoms with Crippen molar-refractivity contribution >= 4 is 0 Å². The van der Waals surface area contributed by atoms with Crippen LogP contribution in [0.2, 0.25) is 0 Å². The van der Waals surface area contributed by atoms with E-state index in [9.17, 15) is 0 Å². The standard InChI is InChI=1S/C16H23N5/c1-19-9-10-20(16(11-17)13-19)12-14-3-5-15(6-4-14)21-8-2-7-18-21/h2-8,16H,9-13,17H2,1H3. The zero-order valence-corrected chi connectivity index (χ0v) is 12.5. The number of nitrogens with zero attached hydrogens (tertiary/aromatic N) is 4. The summed E-state index contributed by atoms with van der Waals surface area (Å²) in [5.41, 5.74) is 8.34. The molecule has 2 aromatic rings. The molecule has 1 saturated heterocycles. The van der Waals surface area contributed by atoms with E-state index in [-0.39, 0.29) is 0 Å². The molecule has 1 fully saturated rings. The van der Waals surface area contributed by atoms with Crippen LogP contribution in [0.25, 0.3) is 5.69 Å². The minimum absolute atomic E-state index is 0.453. The van der Waals surface area contributed by atoms with Crippen molar-refractivity contribution in [2.75, 3.05) is 33.2 Å². The molecule has 1 aliphatic rings. The number of hydrogen-bond donors (Lipinski definition) is 1. The predicted octanol–water partition coefficient (Wildman–Crippen LogP) is 0.947. The molecule has 1 atom stereocenters. The summed E-state index contributed by atoms with van der Waals surface area (Å²) in [7, 11) is 2.17. The predicted molar refractivity (Wildman–Crippen MR) is 84.3 cm³/mol. The van der Waals surface area contributed by atoms with E-state index in [4.69, 9.17) is 5.73 Å². The van der Waals surface area contributed by atoms with E-state index >= 15 is 0 Å². The van der Waals surface area contributed by atoms with Crippen LogP contribution in [-0.4, -0.2) is 58.8 Å². The van der Waals surface area contributed by atoms with Gasteiger partial charge in [-0.15, -0.1) is 0 Å². The highest BCUT2D eigenvalue weighted by Gasteiger charge is 2.23. The second-order valence-corrected chi connectivity index (χ2v) is 5.74. The van der Waals surface area contributed by atoms with E-state index in [1.54, 1.807) is 6.20 Å². The fourth-order valence-electron chi connectivity index (χ4n) is 2.89. The zero-order chi connectivity index (χ0) is 14.7. The second-order valence-electron chi connectivity index (χ2n) is 5.74. The van der Waals surface area contributed by atoms with E-state index in [2.05, 4.69) is 46.2 Å². The normalized spacial score (nSPS) is 20.8. The first-order chi connectivity index (χ1) is 10.3. The highest BCUT2D eigenvalue weighted by molar-refractivity contribution is 5.33. The topological polar surface area (TPSA) is 50.3 Å². The van der Waals surface area contributed by atoms with Crippen molar-refractivity contribution < 1.29 is 0 Å². The first-order valence-corrected chi connectivity index (χ1v) is 7.48. The first-order valence-electron chi connectivity index (χ1n) is 7.48. The number of benzene rings is 1. The molecule has 112 valence electrons. The lowest BCUT2D eigenvalue weighted by Gasteiger charge is -2.39. The van der Waals surface area contributed by atoms with Crippen LogP contribution in [0, 0.1) is 0 Å². The van der Waals surface area contributed by atoms with Crippen LogP contribution in [0.15, 0.2) is 42.7 Å². The molecule has 3 rings (SSSR count). The zero-order valence-electron chi connectivity index (χ0n) is 12.5. The van der Waals surface area contributed by atoms with Crippen LogP contribution in [0.4, 0.5) is 0 Å². The van der Waals surface area contributed by atoms with Crippen LogP contribution in [0.5, 0.6) is 0 Å². The number of piperazine rings is 1. The van der Waals surface area contributed by atoms with Crippen LogP contribution in [0.3, 0.4) is 0 Å². The number of nitrogens with two attached hydrogens (primary N) is 1. The Kier molecular flexibility index (Phi) is 4.34. The van der Waals surface area contributed by atoms with Gasteiger partial charge in [-0.3, -0.25) is 4.90 Å². The molecular weight excluding hydrogens is 262 g/mol. The van der Waals surface area contributed by atoms with Gasteiger partial charge in [-0.25, -0.2) is 4.68 Å². The smallest absolute Gasteiger partial charge is 0.0645 e. The SMILES string of the molecule is CN1CCN(Cc2ccc(-n3cccn3)cc2)C(CN)C1. The molecule has 1 unspecified atom stereocenters. The summed E-state index contributed by atoms with van der Waals surface area (Å²) < 4.78 is 1.88. The third-order valence-corrected chi connectivity index (χ3v) is 4.17. The largest absolute Gasteiger partial charge is 0.329 e. The number of hydrogen-bond acceptors (Lipinski definition) is 4. The van der Waals surface area contributed by atoms with Crippen molar-refractivity contribution in [3.8, 4) is 5.69 Å². The minimum Gasteiger partial charge on any atom is -0.329 e. The van der Waals surface area contributed by atoms with Crippen LogP contribution < -0.4 is 5.73 Å². The van der Waals surface area contributed by atoms with Crippen molar-refractivity contribution in [3.63, 3.8) is 0 Å². The van der Waals surface area contributed by atoms with Gasteiger partial charge in [-0.1, -0.05) is 12.1 Å². The van der Waals surface area contributed by atoms with E-state index in [0.717, 1.165) is 38.4 Å². The number of aromatic nitrogens is 2. The van der Waals surface area contributed by atoms with Gasteiger partial charge < -0.3 is 10.6 Å². The van der Waals surface area contributed by atoms with Crippen molar-refractivity contribution in [3.05, 3.63) is 48.3 Å². The number of rotatable bonds is 4. The molecule has 1 aromatic heterocycles. The Labute approximate surface area is 126 Å². The van der Waals surface area contributed by atoms with Crippen molar-refractivity contribution in [2.24, 2.45) is 5.73 Å². The van der Waals surface area contributed by atoms with Crippen molar-refractivity contribution in [1.82, 2.24) is 19.6 Å². The van der Waals surface area contributed by atoms with Gasteiger partial charge in [0.25, 0.3) is 0 Å². The summed E-state index contributed by atoms with van der Waals surface area (Å²) >= 11 is 0. The van der Waals surface area contributed by atoms with Gasteiger partial charge in [-0.05, 0) is 30.8 Å². The maximum absolute atomic E-state index is 5.92. The minimum atomic E-state index is 0.453. The molecule has 0 radical (unpaired) electrons. The Bertz CT molecular complexity index is 549. The monoisotopic (exact) mass is 285 g/mol. The molecule has 0 spiro atoms. The van der Waals surface area contributed by atoms with E-state index in [1.807, 2.05) is 16.9 Å². The Hall–Kier alpha value is -1.69. The third-order valence-electron chi connectivity index (χ3n) is 4.17. The van der Waals surface area contributed by atoms with Gasteiger partial charge >= 0.3 is 0 Å². The lowest BCUT2D eigenvalue weighted by Crippen LogP contribution is -2.54. The molecule has 0 bridgehead atoms. The maximum Gasteiger partial charge on any atom is 0.0645 e. The molecule has 1 aromatic carbocycles. The van der Waals surface area contributed by atoms with Crippen LogP contribution in [-0.2, 0) is 6.54 Å². The summed E-state index contributed by atoms with van der Waals surface area (Å²) in [6, 6.07) is 11.0. The lowest BCUT2D eigenvalue weighted by atomic mass is 10.1. The fourth-order valence-corrected chi connectivity index (χ4v) is 2.89. The fraction of sp³-hybridized carbons (Fsp3) is 0.438. The Balaban J connectivity index is 1.67. The first kappa shape index (κ1) is 14.3. The molecule has 2 heterocycles. The summed E-state index contributed by atoms with van der Waals surface area (Å²) in [5, 5.41) is 4.25. The van der Waals surface area contributed by atoms with Crippen LogP contribution in [0.1, 0.15) is 5.56 Å². The third kappa shape index (κ3) is 3.32. The molecule has 2 N–H and O–H groups in total. The van der Waals surface area contributed by atoms with Gasteiger partial charge in [0, 0.05) is 51.2 Å². The van der Waals surface area contributed by atoms with E-state index < -0.39 is 0 Å². The number of likely N-dealkylation sites (N-methyl/N-ethyl adjacent to an activating group) is 1. The average molecular weight is 285 g/mol. The Morgan fingerprint density at radius 3 is 2.71 bits per heavy atom. The van der Waals surface area contributed by atoms with Crippen molar-refractivity contribution in [1.29, 1.82) is 0 Å². The Morgan fingerprint density at radius 2 is 2.05 bits per heavy atom. The molecule has 0 amide bonds. The van der Waals surface area contributed by atoms with Crippen molar-refractivity contribution in [2.45, 2.75) is 12.6 Å². The molecule has 5 nitrogen and oxygen atoms in total. The second kappa shape index (κ2) is 6.39. The quantitative estimate of drug-likeness (QED) is 0.908. The summed E-state index contributed by atoms with van der Waals surface area (Å²) in [6.45, 7) is 4.94. The van der Waals surface area contributed by atoms with Gasteiger partial charge in [0.05, 0.1) is 5.69 Å². The lowest BCUT2D eigenvalue weighted by molar-refractivity contribution is 0.0881. The molecular formula is C16H23N5. The Morgan fingerprint density at radius 1 is 1.24 bits per heavy atom. The molecule has 1 aliphatic heterocycles.